The summed E-state index contributed by atoms with van der Waals surface area (Å²) in [5.74, 6) is -0.115. The van der Waals surface area contributed by atoms with E-state index in [1.807, 2.05) is 30.3 Å². The summed E-state index contributed by atoms with van der Waals surface area (Å²) in [6.45, 7) is 0. The molecule has 5 rings (SSSR count). The Hall–Kier alpha value is -4.98. The normalized spacial score (nSPS) is 10.6. The number of nitrogens with zero attached hydrogens (tertiary/aromatic N) is 3. The highest BCUT2D eigenvalue weighted by Crippen LogP contribution is 2.23. The van der Waals surface area contributed by atoms with Crippen LogP contribution in [-0.4, -0.2) is 26.6 Å². The summed E-state index contributed by atoms with van der Waals surface area (Å²) in [6.07, 6.45) is 4.75. The second kappa shape index (κ2) is 9.25. The Labute approximate surface area is 194 Å². The summed E-state index contributed by atoms with van der Waals surface area (Å²) >= 11 is 0. The van der Waals surface area contributed by atoms with Gasteiger partial charge >= 0.3 is 0 Å². The number of hydrogen-bond donors (Lipinski definition) is 2. The molecule has 8 nitrogen and oxygen atoms in total. The number of pyridine rings is 1. The van der Waals surface area contributed by atoms with Crippen molar-refractivity contribution >= 4 is 23.2 Å². The average molecular weight is 449 g/mol. The van der Waals surface area contributed by atoms with Crippen LogP contribution >= 0.6 is 0 Å². The number of carbonyl (C=O) groups excluding carboxylic acids is 2. The number of aromatic nitrogens is 3. The zero-order chi connectivity index (χ0) is 23.3. The first-order valence-electron chi connectivity index (χ1n) is 10.5. The van der Waals surface area contributed by atoms with Crippen LogP contribution in [-0.2, 0) is 0 Å². The summed E-state index contributed by atoms with van der Waals surface area (Å²) in [6, 6.07) is 24.7. The van der Waals surface area contributed by atoms with Crippen molar-refractivity contribution in [3.8, 4) is 17.1 Å². The number of anilines is 2. The van der Waals surface area contributed by atoms with Crippen LogP contribution in [0.4, 0.5) is 11.4 Å². The van der Waals surface area contributed by atoms with Crippen LogP contribution in [0.1, 0.15) is 20.8 Å². The van der Waals surface area contributed by atoms with E-state index < -0.39 is 0 Å². The van der Waals surface area contributed by atoms with E-state index in [1.165, 1.54) is 0 Å². The van der Waals surface area contributed by atoms with Gasteiger partial charge in [0, 0.05) is 35.4 Å². The first-order valence-corrected chi connectivity index (χ1v) is 10.5. The number of rotatable bonds is 6. The highest BCUT2D eigenvalue weighted by molar-refractivity contribution is 6.07. The second-order valence-corrected chi connectivity index (χ2v) is 7.36. The topological polar surface area (TPSA) is 102 Å². The molecule has 166 valence electrons. The van der Waals surface area contributed by atoms with Crippen molar-refractivity contribution in [3.05, 3.63) is 115 Å². The minimum absolute atomic E-state index is 0.295. The lowest BCUT2D eigenvalue weighted by molar-refractivity contribution is 0.101. The van der Waals surface area contributed by atoms with Crippen LogP contribution in [0.3, 0.4) is 0 Å². The molecular formula is C26H19N5O3. The van der Waals surface area contributed by atoms with Gasteiger partial charge in [-0.05, 0) is 54.6 Å². The lowest BCUT2D eigenvalue weighted by atomic mass is 10.1. The third-order valence-corrected chi connectivity index (χ3v) is 5.04. The fraction of sp³-hybridized carbons (Fsp3) is 0. The van der Waals surface area contributed by atoms with Crippen molar-refractivity contribution in [2.75, 3.05) is 10.6 Å². The molecule has 0 bridgehead atoms. The van der Waals surface area contributed by atoms with E-state index in [4.69, 9.17) is 4.42 Å². The minimum Gasteiger partial charge on any atom is -0.463 e. The maximum absolute atomic E-state index is 13.3. The van der Waals surface area contributed by atoms with E-state index in [2.05, 4.69) is 20.7 Å². The molecule has 3 aromatic heterocycles. The zero-order valence-electron chi connectivity index (χ0n) is 17.9. The first kappa shape index (κ1) is 20.9. The van der Waals surface area contributed by atoms with E-state index in [1.54, 1.807) is 77.9 Å². The third kappa shape index (κ3) is 4.46. The predicted molar refractivity (Wildman–Crippen MR) is 128 cm³/mol. The molecule has 34 heavy (non-hydrogen) atoms. The van der Waals surface area contributed by atoms with E-state index in [9.17, 15) is 9.59 Å². The summed E-state index contributed by atoms with van der Waals surface area (Å²) in [5, 5.41) is 10.2. The largest absolute Gasteiger partial charge is 0.463 e. The van der Waals surface area contributed by atoms with Gasteiger partial charge < -0.3 is 15.1 Å². The molecule has 3 heterocycles. The van der Waals surface area contributed by atoms with Gasteiger partial charge in [-0.2, -0.15) is 5.10 Å². The molecule has 0 spiro atoms. The van der Waals surface area contributed by atoms with Gasteiger partial charge in [0.05, 0.1) is 12.0 Å². The number of benzene rings is 2. The highest BCUT2D eigenvalue weighted by Gasteiger charge is 2.19. The summed E-state index contributed by atoms with van der Waals surface area (Å²) in [4.78, 5) is 29.8. The number of para-hydroxylation sites is 1. The maximum atomic E-state index is 13.3. The fourth-order valence-electron chi connectivity index (χ4n) is 3.43. The van der Waals surface area contributed by atoms with Gasteiger partial charge in [-0.3, -0.25) is 14.6 Å². The van der Waals surface area contributed by atoms with Crippen LogP contribution in [0.2, 0.25) is 0 Å². The molecule has 0 aliphatic carbocycles. The smallest absolute Gasteiger partial charge is 0.274 e. The number of furan rings is 1. The molecule has 2 N–H and O–H groups in total. The van der Waals surface area contributed by atoms with Gasteiger partial charge in [0.15, 0.2) is 5.76 Å². The fourth-order valence-corrected chi connectivity index (χ4v) is 3.43. The highest BCUT2D eigenvalue weighted by atomic mass is 16.3. The van der Waals surface area contributed by atoms with Gasteiger partial charge in [-0.15, -0.1) is 0 Å². The molecule has 0 atom stereocenters. The Bertz CT molecular complexity index is 1430. The van der Waals surface area contributed by atoms with E-state index in [0.717, 1.165) is 5.69 Å². The zero-order valence-corrected chi connectivity index (χ0v) is 17.9. The Balaban J connectivity index is 1.41. The average Bonchev–Trinajstić information content (AvgIpc) is 3.56. The molecule has 8 heteroatoms. The van der Waals surface area contributed by atoms with Gasteiger partial charge in [-0.1, -0.05) is 24.3 Å². The third-order valence-electron chi connectivity index (χ3n) is 5.04. The predicted octanol–water partition coefficient (Wildman–Crippen LogP) is 5.03. The van der Waals surface area contributed by atoms with Crippen molar-refractivity contribution in [1.82, 2.24) is 14.8 Å². The molecule has 0 saturated carbocycles. The summed E-state index contributed by atoms with van der Waals surface area (Å²) < 4.78 is 7.02. The summed E-state index contributed by atoms with van der Waals surface area (Å²) in [5.41, 5.74) is 3.10. The molecule has 2 amide bonds. The van der Waals surface area contributed by atoms with Crippen LogP contribution in [0.25, 0.3) is 17.1 Å². The molecule has 0 aliphatic rings. The molecule has 0 aliphatic heterocycles. The molecule has 0 fully saturated rings. The van der Waals surface area contributed by atoms with Crippen molar-refractivity contribution < 1.29 is 14.0 Å². The quantitative estimate of drug-likeness (QED) is 0.378. The first-order chi connectivity index (χ1) is 16.7. The minimum atomic E-state index is -0.374. The SMILES string of the molecule is O=C(Nc1ccncc1)c1cccc(NC(=O)c2cc(-c3ccco3)nn2-c2ccccc2)c1. The number of carbonyl (C=O) groups is 2. The van der Waals surface area contributed by atoms with Crippen molar-refractivity contribution in [3.63, 3.8) is 0 Å². The van der Waals surface area contributed by atoms with Gasteiger partial charge in [0.1, 0.15) is 11.4 Å². The lowest BCUT2D eigenvalue weighted by Gasteiger charge is -2.10. The van der Waals surface area contributed by atoms with Crippen LogP contribution in [0.15, 0.2) is 108 Å². The van der Waals surface area contributed by atoms with Crippen LogP contribution < -0.4 is 10.6 Å². The van der Waals surface area contributed by atoms with Crippen LogP contribution in [0, 0.1) is 0 Å². The molecular weight excluding hydrogens is 430 g/mol. The summed E-state index contributed by atoms with van der Waals surface area (Å²) in [7, 11) is 0. The van der Waals surface area contributed by atoms with E-state index in [-0.39, 0.29) is 11.8 Å². The Morgan fingerprint density at radius 2 is 1.56 bits per heavy atom. The number of hydrogen-bond acceptors (Lipinski definition) is 5. The van der Waals surface area contributed by atoms with Crippen LogP contribution in [0.5, 0.6) is 0 Å². The standard InChI is InChI=1S/C26H19N5O3/c32-25(28-19-11-13-27-14-12-19)18-6-4-7-20(16-18)29-26(33)23-17-22(24-10-5-15-34-24)30-31(23)21-8-2-1-3-9-21/h1-17H,(H,29,33)(H,27,28,32). The molecule has 0 unspecified atom stereocenters. The Morgan fingerprint density at radius 3 is 2.32 bits per heavy atom. The van der Waals surface area contributed by atoms with Gasteiger partial charge in [-0.25, -0.2) is 4.68 Å². The number of nitrogens with one attached hydrogen (secondary N) is 2. The van der Waals surface area contributed by atoms with Crippen molar-refractivity contribution in [2.24, 2.45) is 0 Å². The van der Waals surface area contributed by atoms with Crippen molar-refractivity contribution in [1.29, 1.82) is 0 Å². The van der Waals surface area contributed by atoms with Gasteiger partial charge in [0.2, 0.25) is 0 Å². The molecule has 2 aromatic carbocycles. The number of amides is 2. The molecule has 0 radical (unpaired) electrons. The molecule has 5 aromatic rings. The monoisotopic (exact) mass is 449 g/mol. The lowest BCUT2D eigenvalue weighted by Crippen LogP contribution is -2.17. The van der Waals surface area contributed by atoms with E-state index >= 15 is 0 Å². The second-order valence-electron chi connectivity index (χ2n) is 7.36. The molecule has 0 saturated heterocycles. The maximum Gasteiger partial charge on any atom is 0.274 e. The van der Waals surface area contributed by atoms with Crippen molar-refractivity contribution in [2.45, 2.75) is 0 Å². The Kier molecular flexibility index (Phi) is 5.69. The van der Waals surface area contributed by atoms with Gasteiger partial charge in [0.25, 0.3) is 11.8 Å². The van der Waals surface area contributed by atoms with E-state index in [0.29, 0.717) is 34.1 Å². The Morgan fingerprint density at radius 1 is 0.765 bits per heavy atom.